The fraction of sp³-hybridized carbons (Fsp3) is 0.353. The van der Waals surface area contributed by atoms with E-state index in [-0.39, 0.29) is 5.91 Å². The molecule has 23 heavy (non-hydrogen) atoms. The molecule has 0 spiro atoms. The van der Waals surface area contributed by atoms with Gasteiger partial charge in [0.25, 0.3) is 0 Å². The lowest BCUT2D eigenvalue weighted by atomic mass is 10.2. The highest BCUT2D eigenvalue weighted by Crippen LogP contribution is 2.25. The second kappa shape index (κ2) is 6.75. The summed E-state index contributed by atoms with van der Waals surface area (Å²) in [7, 11) is 0. The zero-order valence-electron chi connectivity index (χ0n) is 13.2. The van der Waals surface area contributed by atoms with Crippen molar-refractivity contribution in [3.05, 3.63) is 36.3 Å². The summed E-state index contributed by atoms with van der Waals surface area (Å²) in [5, 5.41) is 1.05. The van der Waals surface area contributed by atoms with E-state index in [1.807, 2.05) is 31.2 Å². The Morgan fingerprint density at radius 3 is 2.91 bits per heavy atom. The smallest absolute Gasteiger partial charge is 0.217 e. The first-order chi connectivity index (χ1) is 11.2. The van der Waals surface area contributed by atoms with Crippen LogP contribution in [-0.4, -0.2) is 27.0 Å². The van der Waals surface area contributed by atoms with Gasteiger partial charge in [0.15, 0.2) is 0 Å². The SMILES string of the molecule is CCOCc1nc2cnc3ccccc3c2n1CCCC(N)=O. The number of aromatic nitrogens is 3. The van der Waals surface area contributed by atoms with Gasteiger partial charge in [0, 0.05) is 25.0 Å². The third kappa shape index (κ3) is 3.17. The van der Waals surface area contributed by atoms with Gasteiger partial charge in [-0.25, -0.2) is 4.98 Å². The predicted molar refractivity (Wildman–Crippen MR) is 88.8 cm³/mol. The normalized spacial score (nSPS) is 11.3. The molecule has 0 aliphatic rings. The average molecular weight is 312 g/mol. The number of ether oxygens (including phenoxy) is 1. The number of pyridine rings is 1. The Kier molecular flexibility index (Phi) is 4.52. The monoisotopic (exact) mass is 312 g/mol. The number of hydrogen-bond acceptors (Lipinski definition) is 4. The molecule has 0 saturated carbocycles. The molecule has 1 aromatic carbocycles. The van der Waals surface area contributed by atoms with Crippen molar-refractivity contribution in [1.82, 2.24) is 14.5 Å². The van der Waals surface area contributed by atoms with Crippen LogP contribution in [0, 0.1) is 0 Å². The summed E-state index contributed by atoms with van der Waals surface area (Å²) in [6.45, 7) is 3.70. The Morgan fingerprint density at radius 2 is 2.13 bits per heavy atom. The molecule has 2 heterocycles. The van der Waals surface area contributed by atoms with Gasteiger partial charge in [-0.05, 0) is 19.4 Å². The van der Waals surface area contributed by atoms with Crippen molar-refractivity contribution in [1.29, 1.82) is 0 Å². The molecule has 0 aliphatic heterocycles. The molecule has 0 fully saturated rings. The molecule has 6 nitrogen and oxygen atoms in total. The van der Waals surface area contributed by atoms with E-state index in [2.05, 4.69) is 14.5 Å². The van der Waals surface area contributed by atoms with Crippen molar-refractivity contribution in [3.8, 4) is 0 Å². The molecular formula is C17H20N4O2. The number of nitrogens with zero attached hydrogens (tertiary/aromatic N) is 3. The fourth-order valence-electron chi connectivity index (χ4n) is 2.77. The highest BCUT2D eigenvalue weighted by molar-refractivity contribution is 6.02. The number of rotatable bonds is 7. The third-order valence-corrected chi connectivity index (χ3v) is 3.80. The number of hydrogen-bond donors (Lipinski definition) is 1. The van der Waals surface area contributed by atoms with Gasteiger partial charge in [0.2, 0.25) is 5.91 Å². The van der Waals surface area contributed by atoms with E-state index >= 15 is 0 Å². The van der Waals surface area contributed by atoms with Crippen molar-refractivity contribution >= 4 is 27.8 Å². The standard InChI is InChI=1S/C17H20N4O2/c1-2-23-11-16-20-14-10-19-13-7-4-3-6-12(13)17(14)21(16)9-5-8-15(18)22/h3-4,6-7,10H,2,5,8-9,11H2,1H3,(H2,18,22). The molecule has 3 rings (SSSR count). The number of para-hydroxylation sites is 1. The minimum Gasteiger partial charge on any atom is -0.374 e. The molecule has 1 amide bonds. The first-order valence-electron chi connectivity index (χ1n) is 7.79. The highest BCUT2D eigenvalue weighted by atomic mass is 16.5. The Bertz CT molecular complexity index is 841. The third-order valence-electron chi connectivity index (χ3n) is 3.80. The molecule has 2 N–H and O–H groups in total. The fourth-order valence-corrected chi connectivity index (χ4v) is 2.77. The van der Waals surface area contributed by atoms with Gasteiger partial charge >= 0.3 is 0 Å². The lowest BCUT2D eigenvalue weighted by Crippen LogP contribution is -2.13. The molecule has 6 heteroatoms. The molecular weight excluding hydrogens is 292 g/mol. The minimum absolute atomic E-state index is 0.285. The maximum Gasteiger partial charge on any atom is 0.217 e. The Morgan fingerprint density at radius 1 is 1.30 bits per heavy atom. The molecule has 120 valence electrons. The van der Waals surface area contributed by atoms with E-state index in [0.29, 0.717) is 32.6 Å². The van der Waals surface area contributed by atoms with Gasteiger partial charge in [-0.3, -0.25) is 9.78 Å². The Labute approximate surface area is 134 Å². The molecule has 0 bridgehead atoms. The van der Waals surface area contributed by atoms with E-state index in [4.69, 9.17) is 10.5 Å². The van der Waals surface area contributed by atoms with E-state index in [9.17, 15) is 4.79 Å². The summed E-state index contributed by atoms with van der Waals surface area (Å²) in [6.07, 6.45) is 2.82. The van der Waals surface area contributed by atoms with E-state index < -0.39 is 0 Å². The van der Waals surface area contributed by atoms with Crippen LogP contribution in [0.1, 0.15) is 25.6 Å². The van der Waals surface area contributed by atoms with Crippen LogP contribution < -0.4 is 5.73 Å². The molecule has 0 unspecified atom stereocenters. The molecule has 0 saturated heterocycles. The molecule has 3 aromatic rings. The van der Waals surface area contributed by atoms with Gasteiger partial charge < -0.3 is 15.0 Å². The number of aryl methyl sites for hydroxylation is 1. The van der Waals surface area contributed by atoms with E-state index in [1.165, 1.54) is 0 Å². The quantitative estimate of drug-likeness (QED) is 0.726. The topological polar surface area (TPSA) is 83.0 Å². The zero-order chi connectivity index (χ0) is 16.2. The molecule has 2 aromatic heterocycles. The van der Waals surface area contributed by atoms with Crippen molar-refractivity contribution in [2.45, 2.75) is 32.9 Å². The van der Waals surface area contributed by atoms with Crippen molar-refractivity contribution in [3.63, 3.8) is 0 Å². The van der Waals surface area contributed by atoms with E-state index in [1.54, 1.807) is 6.20 Å². The van der Waals surface area contributed by atoms with Crippen LogP contribution in [-0.2, 0) is 22.7 Å². The lowest BCUT2D eigenvalue weighted by molar-refractivity contribution is -0.118. The first-order valence-corrected chi connectivity index (χ1v) is 7.79. The Hall–Kier alpha value is -2.47. The maximum atomic E-state index is 11.0. The van der Waals surface area contributed by atoms with Gasteiger partial charge in [0.1, 0.15) is 17.9 Å². The van der Waals surface area contributed by atoms with Gasteiger partial charge in [-0.2, -0.15) is 0 Å². The number of benzene rings is 1. The highest BCUT2D eigenvalue weighted by Gasteiger charge is 2.14. The van der Waals surface area contributed by atoms with Crippen LogP contribution in [0.3, 0.4) is 0 Å². The average Bonchev–Trinajstić information content (AvgIpc) is 2.91. The van der Waals surface area contributed by atoms with Gasteiger partial charge in [0.05, 0.1) is 17.2 Å². The lowest BCUT2D eigenvalue weighted by Gasteiger charge is -2.10. The number of fused-ring (bicyclic) bond motifs is 3. The zero-order valence-corrected chi connectivity index (χ0v) is 13.2. The number of carbonyl (C=O) groups excluding carboxylic acids is 1. The van der Waals surface area contributed by atoms with Crippen LogP contribution in [0.25, 0.3) is 21.9 Å². The van der Waals surface area contributed by atoms with Crippen LogP contribution in [0.15, 0.2) is 30.5 Å². The summed E-state index contributed by atoms with van der Waals surface area (Å²) in [6, 6.07) is 7.99. The van der Waals surface area contributed by atoms with Gasteiger partial charge in [-0.15, -0.1) is 0 Å². The number of nitrogens with two attached hydrogens (primary N) is 1. The summed E-state index contributed by atoms with van der Waals surface area (Å²) in [4.78, 5) is 20.1. The van der Waals surface area contributed by atoms with Gasteiger partial charge in [-0.1, -0.05) is 18.2 Å². The summed E-state index contributed by atoms with van der Waals surface area (Å²) in [5.74, 6) is 0.566. The molecule has 0 atom stereocenters. The molecule has 0 aliphatic carbocycles. The number of imidazole rings is 1. The summed E-state index contributed by atoms with van der Waals surface area (Å²) < 4.78 is 7.66. The van der Waals surface area contributed by atoms with Crippen molar-refractivity contribution in [2.75, 3.05) is 6.61 Å². The van der Waals surface area contributed by atoms with E-state index in [0.717, 1.165) is 27.8 Å². The minimum atomic E-state index is -0.285. The predicted octanol–water partition coefficient (Wildman–Crippen LogP) is 2.39. The number of carbonyl (C=O) groups is 1. The Balaban J connectivity index is 2.09. The number of amides is 1. The van der Waals surface area contributed by atoms with Crippen molar-refractivity contribution in [2.24, 2.45) is 5.73 Å². The summed E-state index contributed by atoms with van der Waals surface area (Å²) >= 11 is 0. The maximum absolute atomic E-state index is 11.0. The number of primary amides is 1. The van der Waals surface area contributed by atoms with Crippen LogP contribution >= 0.6 is 0 Å². The van der Waals surface area contributed by atoms with Crippen LogP contribution in [0.5, 0.6) is 0 Å². The van der Waals surface area contributed by atoms with Crippen molar-refractivity contribution < 1.29 is 9.53 Å². The molecule has 0 radical (unpaired) electrons. The second-order valence-electron chi connectivity index (χ2n) is 5.40. The van der Waals surface area contributed by atoms with Crippen LogP contribution in [0.4, 0.5) is 0 Å². The first kappa shape index (κ1) is 15.4. The second-order valence-corrected chi connectivity index (χ2v) is 5.40. The summed E-state index contributed by atoms with van der Waals surface area (Å²) in [5.41, 5.74) is 8.07. The largest absolute Gasteiger partial charge is 0.374 e. The van der Waals surface area contributed by atoms with Crippen LogP contribution in [0.2, 0.25) is 0 Å².